The fourth-order valence-corrected chi connectivity index (χ4v) is 2.05. The molecule has 0 spiro atoms. The average Bonchev–Trinajstić information content (AvgIpc) is 2.26. The first kappa shape index (κ1) is 13.3. The van der Waals surface area contributed by atoms with Crippen molar-refractivity contribution in [1.29, 1.82) is 0 Å². The Labute approximate surface area is 111 Å². The third kappa shape index (κ3) is 2.99. The van der Waals surface area contributed by atoms with Gasteiger partial charge in [-0.1, -0.05) is 12.1 Å². The van der Waals surface area contributed by atoms with Crippen LogP contribution >= 0.6 is 0 Å². The Morgan fingerprint density at radius 1 is 1.11 bits per heavy atom. The number of carbonyl (C=O) groups is 1. The molecule has 2 aromatic carbocycles. The maximum atomic E-state index is 13.7. The third-order valence-electron chi connectivity index (χ3n) is 2.75. The first-order chi connectivity index (χ1) is 8.97. The van der Waals surface area contributed by atoms with Gasteiger partial charge in [0.2, 0.25) is 0 Å². The number of hydrogen-bond donors (Lipinski definition) is 0. The number of halogens is 1. The molecule has 19 heavy (non-hydrogen) atoms. The van der Waals surface area contributed by atoms with Gasteiger partial charge in [-0.05, 0) is 56.2 Å². The molecule has 2 rings (SSSR count). The van der Waals surface area contributed by atoms with Gasteiger partial charge < -0.3 is 4.74 Å². The lowest BCUT2D eigenvalue weighted by Crippen LogP contribution is -2.01. The van der Waals surface area contributed by atoms with Gasteiger partial charge in [-0.2, -0.15) is 0 Å². The molecule has 0 radical (unpaired) electrons. The monoisotopic (exact) mass is 258 g/mol. The van der Waals surface area contributed by atoms with Gasteiger partial charge in [0.1, 0.15) is 17.3 Å². The average molecular weight is 258 g/mol. The van der Waals surface area contributed by atoms with Crippen molar-refractivity contribution in [2.45, 2.75) is 20.8 Å². The predicted molar refractivity (Wildman–Crippen MR) is 72.4 cm³/mol. The van der Waals surface area contributed by atoms with Crippen LogP contribution < -0.4 is 4.74 Å². The highest BCUT2D eigenvalue weighted by atomic mass is 19.1. The standard InChI is InChI=1S/C16H15FO2/c1-10-7-11(2)9-13(8-10)19-15-6-4-5-14(17)16(15)12(3)18/h4-9H,1-3H3. The van der Waals surface area contributed by atoms with Crippen molar-refractivity contribution < 1.29 is 13.9 Å². The van der Waals surface area contributed by atoms with Crippen LogP contribution in [0.15, 0.2) is 36.4 Å². The quantitative estimate of drug-likeness (QED) is 0.761. The van der Waals surface area contributed by atoms with Crippen LogP contribution in [0.1, 0.15) is 28.4 Å². The number of Topliss-reactive ketones (excluding diaryl/α,β-unsaturated/α-hetero) is 1. The van der Waals surface area contributed by atoms with Gasteiger partial charge in [-0.25, -0.2) is 4.39 Å². The predicted octanol–water partition coefficient (Wildman–Crippen LogP) is 4.44. The second-order valence-corrected chi connectivity index (χ2v) is 4.59. The zero-order valence-corrected chi connectivity index (χ0v) is 11.2. The van der Waals surface area contributed by atoms with E-state index in [0.29, 0.717) is 5.75 Å². The number of ketones is 1. The summed E-state index contributed by atoms with van der Waals surface area (Å²) in [6, 6.07) is 10.1. The highest BCUT2D eigenvalue weighted by Gasteiger charge is 2.14. The summed E-state index contributed by atoms with van der Waals surface area (Å²) in [5, 5.41) is 0. The summed E-state index contributed by atoms with van der Waals surface area (Å²) in [5.74, 6) is -0.0602. The molecule has 0 atom stereocenters. The van der Waals surface area contributed by atoms with E-state index in [0.717, 1.165) is 11.1 Å². The highest BCUT2D eigenvalue weighted by molar-refractivity contribution is 5.97. The van der Waals surface area contributed by atoms with Crippen LogP contribution in [0.3, 0.4) is 0 Å². The Balaban J connectivity index is 2.43. The first-order valence-corrected chi connectivity index (χ1v) is 6.03. The lowest BCUT2D eigenvalue weighted by Gasteiger charge is -2.11. The summed E-state index contributed by atoms with van der Waals surface area (Å²) in [6.45, 7) is 5.24. The minimum absolute atomic E-state index is 0.0124. The molecule has 0 heterocycles. The Bertz CT molecular complexity index is 612. The van der Waals surface area contributed by atoms with E-state index in [1.165, 1.54) is 19.1 Å². The first-order valence-electron chi connectivity index (χ1n) is 6.03. The molecule has 2 aromatic rings. The van der Waals surface area contributed by atoms with E-state index in [9.17, 15) is 9.18 Å². The van der Waals surface area contributed by atoms with E-state index < -0.39 is 5.82 Å². The van der Waals surface area contributed by atoms with Gasteiger partial charge in [0.25, 0.3) is 0 Å². The summed E-state index contributed by atoms with van der Waals surface area (Å²) in [7, 11) is 0. The molecule has 2 nitrogen and oxygen atoms in total. The van der Waals surface area contributed by atoms with Gasteiger partial charge in [-0.15, -0.1) is 0 Å². The number of rotatable bonds is 3. The van der Waals surface area contributed by atoms with Crippen molar-refractivity contribution in [2.75, 3.05) is 0 Å². The van der Waals surface area contributed by atoms with Crippen molar-refractivity contribution in [1.82, 2.24) is 0 Å². The number of benzene rings is 2. The molecule has 0 aliphatic rings. The molecule has 0 aliphatic heterocycles. The van der Waals surface area contributed by atoms with Crippen molar-refractivity contribution >= 4 is 5.78 Å². The van der Waals surface area contributed by atoms with Crippen LogP contribution in [0.5, 0.6) is 11.5 Å². The van der Waals surface area contributed by atoms with Crippen LogP contribution in [0.4, 0.5) is 4.39 Å². The van der Waals surface area contributed by atoms with E-state index in [-0.39, 0.29) is 17.1 Å². The molecule has 0 amide bonds. The largest absolute Gasteiger partial charge is 0.456 e. The molecule has 0 saturated carbocycles. The highest BCUT2D eigenvalue weighted by Crippen LogP contribution is 2.28. The van der Waals surface area contributed by atoms with Crippen LogP contribution in [-0.4, -0.2) is 5.78 Å². The van der Waals surface area contributed by atoms with Gasteiger partial charge in [-0.3, -0.25) is 4.79 Å². The number of ether oxygens (including phenoxy) is 1. The number of aryl methyl sites for hydroxylation is 2. The molecular weight excluding hydrogens is 243 g/mol. The maximum absolute atomic E-state index is 13.7. The van der Waals surface area contributed by atoms with E-state index in [4.69, 9.17) is 4.74 Å². The van der Waals surface area contributed by atoms with Crippen LogP contribution in [0, 0.1) is 19.7 Å². The van der Waals surface area contributed by atoms with Crippen molar-refractivity contribution in [3.05, 3.63) is 58.9 Å². The Morgan fingerprint density at radius 3 is 2.32 bits per heavy atom. The van der Waals surface area contributed by atoms with Gasteiger partial charge in [0.15, 0.2) is 5.78 Å². The Kier molecular flexibility index (Phi) is 3.65. The number of hydrogen-bond acceptors (Lipinski definition) is 2. The van der Waals surface area contributed by atoms with Gasteiger partial charge >= 0.3 is 0 Å². The van der Waals surface area contributed by atoms with E-state index >= 15 is 0 Å². The van der Waals surface area contributed by atoms with Gasteiger partial charge in [0, 0.05) is 0 Å². The summed E-state index contributed by atoms with van der Waals surface area (Å²) < 4.78 is 19.3. The minimum Gasteiger partial charge on any atom is -0.456 e. The summed E-state index contributed by atoms with van der Waals surface area (Å²) in [4.78, 5) is 11.5. The van der Waals surface area contributed by atoms with Crippen molar-refractivity contribution in [3.63, 3.8) is 0 Å². The summed E-state index contributed by atoms with van der Waals surface area (Å²) in [6.07, 6.45) is 0. The fraction of sp³-hybridized carbons (Fsp3) is 0.188. The minimum atomic E-state index is -0.561. The van der Waals surface area contributed by atoms with E-state index in [1.807, 2.05) is 32.0 Å². The molecule has 0 aliphatic carbocycles. The smallest absolute Gasteiger partial charge is 0.166 e. The molecule has 0 saturated heterocycles. The molecule has 0 fully saturated rings. The van der Waals surface area contributed by atoms with Crippen LogP contribution in [-0.2, 0) is 0 Å². The lowest BCUT2D eigenvalue weighted by atomic mass is 10.1. The SMILES string of the molecule is CC(=O)c1c(F)cccc1Oc1cc(C)cc(C)c1. The lowest BCUT2D eigenvalue weighted by molar-refractivity contribution is 0.101. The third-order valence-corrected chi connectivity index (χ3v) is 2.75. The number of carbonyl (C=O) groups excluding carboxylic acids is 1. The van der Waals surface area contributed by atoms with Crippen molar-refractivity contribution in [3.8, 4) is 11.5 Å². The second kappa shape index (κ2) is 5.22. The van der Waals surface area contributed by atoms with Gasteiger partial charge in [0.05, 0.1) is 5.56 Å². The molecular formula is C16H15FO2. The maximum Gasteiger partial charge on any atom is 0.166 e. The van der Waals surface area contributed by atoms with Crippen LogP contribution in [0.25, 0.3) is 0 Å². The molecule has 0 N–H and O–H groups in total. The zero-order valence-electron chi connectivity index (χ0n) is 11.2. The Morgan fingerprint density at radius 2 is 1.74 bits per heavy atom. The normalized spacial score (nSPS) is 10.3. The summed E-state index contributed by atoms with van der Waals surface area (Å²) >= 11 is 0. The Hall–Kier alpha value is -2.16. The molecule has 0 bridgehead atoms. The zero-order chi connectivity index (χ0) is 14.0. The fourth-order valence-electron chi connectivity index (χ4n) is 2.05. The molecule has 0 aromatic heterocycles. The molecule has 3 heteroatoms. The van der Waals surface area contributed by atoms with Crippen molar-refractivity contribution in [2.24, 2.45) is 0 Å². The molecule has 0 unspecified atom stereocenters. The second-order valence-electron chi connectivity index (χ2n) is 4.59. The topological polar surface area (TPSA) is 26.3 Å². The van der Waals surface area contributed by atoms with E-state index in [1.54, 1.807) is 6.07 Å². The van der Waals surface area contributed by atoms with E-state index in [2.05, 4.69) is 0 Å². The van der Waals surface area contributed by atoms with Crippen LogP contribution in [0.2, 0.25) is 0 Å². The molecule has 98 valence electrons. The summed E-state index contributed by atoms with van der Waals surface area (Å²) in [5.41, 5.74) is 2.09.